The number of hydrogen-bond donors (Lipinski definition) is 0. The second-order valence-electron chi connectivity index (χ2n) is 2.70. The zero-order valence-corrected chi connectivity index (χ0v) is 7.66. The maximum absolute atomic E-state index is 13.0. The van der Waals surface area contributed by atoms with Gasteiger partial charge >= 0.3 is 0 Å². The lowest BCUT2D eigenvalue weighted by Gasteiger charge is -2.02. The largest absolute Gasteiger partial charge is 0.281 e. The van der Waals surface area contributed by atoms with Crippen LogP contribution in [0.4, 0.5) is 8.78 Å². The maximum Gasteiger partial charge on any atom is 0.226 e. The van der Waals surface area contributed by atoms with Gasteiger partial charge in [-0.1, -0.05) is 12.1 Å². The van der Waals surface area contributed by atoms with Crippen LogP contribution in [-0.2, 0) is 11.2 Å². The first-order valence-corrected chi connectivity index (χ1v) is 4.02. The Labute approximate surface area is 79.3 Å². The van der Waals surface area contributed by atoms with Crippen LogP contribution >= 0.6 is 11.6 Å². The van der Waals surface area contributed by atoms with E-state index in [9.17, 15) is 13.6 Å². The van der Waals surface area contributed by atoms with E-state index in [0.29, 0.717) is 0 Å². The molecule has 0 saturated heterocycles. The Balaban J connectivity index is 3.10. The average Bonchev–Trinajstić information content (AvgIpc) is 2.06. The smallest absolute Gasteiger partial charge is 0.226 e. The fourth-order valence-corrected chi connectivity index (χ4v) is 1.12. The van der Waals surface area contributed by atoms with Crippen molar-refractivity contribution in [2.75, 3.05) is 0 Å². The van der Waals surface area contributed by atoms with Gasteiger partial charge in [0.2, 0.25) is 5.24 Å². The predicted octanol–water partition coefficient (Wildman–Crippen LogP) is 2.58. The van der Waals surface area contributed by atoms with E-state index in [1.165, 1.54) is 19.1 Å². The number of aryl methyl sites for hydroxylation is 1. The van der Waals surface area contributed by atoms with Crippen LogP contribution in [-0.4, -0.2) is 5.24 Å². The monoisotopic (exact) mass is 204 g/mol. The molecule has 70 valence electrons. The number of hydrogen-bond acceptors (Lipinski definition) is 1. The second kappa shape index (κ2) is 3.83. The van der Waals surface area contributed by atoms with E-state index in [2.05, 4.69) is 0 Å². The SMILES string of the molecule is Cc1ccc(CC(=O)Cl)c(F)c1F. The lowest BCUT2D eigenvalue weighted by Crippen LogP contribution is -2.00. The minimum Gasteiger partial charge on any atom is -0.281 e. The molecule has 0 spiro atoms. The molecule has 0 heterocycles. The Morgan fingerprint density at radius 2 is 2.00 bits per heavy atom. The topological polar surface area (TPSA) is 17.1 Å². The third-order valence-corrected chi connectivity index (χ3v) is 1.82. The van der Waals surface area contributed by atoms with Crippen LogP contribution in [0.25, 0.3) is 0 Å². The molecule has 1 rings (SSSR count). The molecule has 0 amide bonds. The highest BCUT2D eigenvalue weighted by atomic mass is 35.5. The summed E-state index contributed by atoms with van der Waals surface area (Å²) in [5.74, 6) is -1.91. The van der Waals surface area contributed by atoms with Gasteiger partial charge in [0.05, 0.1) is 0 Å². The summed E-state index contributed by atoms with van der Waals surface area (Å²) in [6, 6.07) is 2.77. The number of halogens is 3. The Morgan fingerprint density at radius 1 is 1.38 bits per heavy atom. The van der Waals surface area contributed by atoms with Crippen molar-refractivity contribution in [2.24, 2.45) is 0 Å². The Kier molecular flexibility index (Phi) is 2.98. The van der Waals surface area contributed by atoms with Crippen molar-refractivity contribution in [3.05, 3.63) is 34.9 Å². The molecule has 0 aliphatic heterocycles. The zero-order valence-electron chi connectivity index (χ0n) is 6.90. The highest BCUT2D eigenvalue weighted by molar-refractivity contribution is 6.63. The molecule has 1 aromatic rings. The van der Waals surface area contributed by atoms with E-state index in [-0.39, 0.29) is 17.5 Å². The summed E-state index contributed by atoms with van der Waals surface area (Å²) in [5, 5.41) is -0.706. The molecule has 0 N–H and O–H groups in total. The van der Waals surface area contributed by atoms with Crippen molar-refractivity contribution in [3.8, 4) is 0 Å². The zero-order chi connectivity index (χ0) is 10.0. The minimum atomic E-state index is -0.992. The summed E-state index contributed by atoms with van der Waals surface area (Å²) in [7, 11) is 0. The van der Waals surface area contributed by atoms with E-state index in [4.69, 9.17) is 11.6 Å². The lowest BCUT2D eigenvalue weighted by atomic mass is 10.1. The maximum atomic E-state index is 13.0. The van der Waals surface area contributed by atoms with Gasteiger partial charge in [-0.3, -0.25) is 4.79 Å². The molecule has 0 bridgehead atoms. The van der Waals surface area contributed by atoms with Crippen LogP contribution < -0.4 is 0 Å². The van der Waals surface area contributed by atoms with Gasteiger partial charge in [-0.15, -0.1) is 0 Å². The summed E-state index contributed by atoms with van der Waals surface area (Å²) in [6.45, 7) is 1.45. The quantitative estimate of drug-likeness (QED) is 0.677. The van der Waals surface area contributed by atoms with Gasteiger partial charge in [-0.05, 0) is 29.7 Å². The predicted molar refractivity (Wildman–Crippen MR) is 45.7 cm³/mol. The molecule has 13 heavy (non-hydrogen) atoms. The molecule has 0 radical (unpaired) electrons. The van der Waals surface area contributed by atoms with E-state index in [1.54, 1.807) is 0 Å². The highest BCUT2D eigenvalue weighted by Crippen LogP contribution is 2.16. The molecule has 0 saturated carbocycles. The second-order valence-corrected chi connectivity index (χ2v) is 3.12. The Bertz CT molecular complexity index is 350. The van der Waals surface area contributed by atoms with Crippen LogP contribution in [0.15, 0.2) is 12.1 Å². The van der Waals surface area contributed by atoms with Gasteiger partial charge < -0.3 is 0 Å². The van der Waals surface area contributed by atoms with Crippen molar-refractivity contribution in [2.45, 2.75) is 13.3 Å². The van der Waals surface area contributed by atoms with Crippen molar-refractivity contribution in [1.82, 2.24) is 0 Å². The molecule has 4 heteroatoms. The third-order valence-electron chi connectivity index (χ3n) is 1.68. The summed E-state index contributed by atoms with van der Waals surface area (Å²) in [4.78, 5) is 10.4. The Morgan fingerprint density at radius 3 is 2.54 bits per heavy atom. The first kappa shape index (κ1) is 10.1. The number of carbonyl (C=O) groups excluding carboxylic acids is 1. The summed E-state index contributed by atoms with van der Waals surface area (Å²) in [5.41, 5.74) is 0.200. The van der Waals surface area contributed by atoms with Crippen LogP contribution in [0, 0.1) is 18.6 Å². The van der Waals surface area contributed by atoms with Gasteiger partial charge in [-0.25, -0.2) is 8.78 Å². The minimum absolute atomic E-state index is 0.0110. The van der Waals surface area contributed by atoms with E-state index in [0.717, 1.165) is 0 Å². The summed E-state index contributed by atoms with van der Waals surface area (Å²) in [6.07, 6.45) is -0.287. The van der Waals surface area contributed by atoms with Gasteiger partial charge in [0, 0.05) is 6.42 Å². The molecule has 1 aromatic carbocycles. The van der Waals surface area contributed by atoms with Crippen LogP contribution in [0.2, 0.25) is 0 Å². The fraction of sp³-hybridized carbons (Fsp3) is 0.222. The van der Waals surface area contributed by atoms with E-state index < -0.39 is 16.9 Å². The molecule has 0 unspecified atom stereocenters. The number of rotatable bonds is 2. The van der Waals surface area contributed by atoms with Crippen molar-refractivity contribution < 1.29 is 13.6 Å². The van der Waals surface area contributed by atoms with E-state index >= 15 is 0 Å². The first-order chi connectivity index (χ1) is 6.02. The van der Waals surface area contributed by atoms with Gasteiger partial charge in [0.1, 0.15) is 0 Å². The van der Waals surface area contributed by atoms with Crippen LogP contribution in [0.3, 0.4) is 0 Å². The highest BCUT2D eigenvalue weighted by Gasteiger charge is 2.12. The normalized spacial score (nSPS) is 10.2. The number of carbonyl (C=O) groups is 1. The average molecular weight is 205 g/mol. The summed E-state index contributed by atoms with van der Waals surface area (Å²) < 4.78 is 25.9. The molecule has 1 nitrogen and oxygen atoms in total. The molecule has 0 atom stereocenters. The molecular weight excluding hydrogens is 198 g/mol. The third kappa shape index (κ3) is 2.25. The molecule has 0 aromatic heterocycles. The standard InChI is InChI=1S/C9H7ClF2O/c1-5-2-3-6(4-7(10)13)9(12)8(5)11/h2-3H,4H2,1H3. The summed E-state index contributed by atoms with van der Waals surface area (Å²) >= 11 is 5.05. The van der Waals surface area contributed by atoms with Crippen molar-refractivity contribution >= 4 is 16.8 Å². The fourth-order valence-electron chi connectivity index (χ4n) is 0.972. The Hall–Kier alpha value is -0.960. The van der Waals surface area contributed by atoms with Gasteiger partial charge in [-0.2, -0.15) is 0 Å². The van der Waals surface area contributed by atoms with Gasteiger partial charge in [0.25, 0.3) is 0 Å². The van der Waals surface area contributed by atoms with E-state index in [1.807, 2.05) is 0 Å². The molecule has 0 aliphatic rings. The van der Waals surface area contributed by atoms with Crippen LogP contribution in [0.1, 0.15) is 11.1 Å². The van der Waals surface area contributed by atoms with Gasteiger partial charge in [0.15, 0.2) is 11.6 Å². The molecular formula is C9H7ClF2O. The van der Waals surface area contributed by atoms with Crippen LogP contribution in [0.5, 0.6) is 0 Å². The lowest BCUT2D eigenvalue weighted by molar-refractivity contribution is -0.111. The number of benzene rings is 1. The molecule has 0 fully saturated rings. The van der Waals surface area contributed by atoms with Crippen molar-refractivity contribution in [1.29, 1.82) is 0 Å². The first-order valence-electron chi connectivity index (χ1n) is 3.64. The molecule has 0 aliphatic carbocycles. The van der Waals surface area contributed by atoms with Crippen molar-refractivity contribution in [3.63, 3.8) is 0 Å².